The summed E-state index contributed by atoms with van der Waals surface area (Å²) in [5.74, 6) is 0.600. The van der Waals surface area contributed by atoms with Gasteiger partial charge in [0.25, 0.3) is 0 Å². The Morgan fingerprint density at radius 1 is 0.630 bits per heavy atom. The zero-order valence-corrected chi connectivity index (χ0v) is 14.7. The van der Waals surface area contributed by atoms with Crippen LogP contribution in [0.25, 0.3) is 10.9 Å². The van der Waals surface area contributed by atoms with Gasteiger partial charge >= 0.3 is 0 Å². The highest BCUT2D eigenvalue weighted by molar-refractivity contribution is 5.96. The molecule has 3 aromatic carbocycles. The first kappa shape index (κ1) is 15.8. The molecule has 2 heterocycles. The molecule has 0 bridgehead atoms. The van der Waals surface area contributed by atoms with E-state index in [9.17, 15) is 0 Å². The van der Waals surface area contributed by atoms with Crippen LogP contribution in [0.4, 0.5) is 0 Å². The van der Waals surface area contributed by atoms with E-state index in [0.29, 0.717) is 5.90 Å². The van der Waals surface area contributed by atoms with Gasteiger partial charge in [0, 0.05) is 5.39 Å². The number of pyridine rings is 1. The summed E-state index contributed by atoms with van der Waals surface area (Å²) in [7, 11) is 0. The molecule has 130 valence electrons. The average molecular weight is 350 g/mol. The lowest BCUT2D eigenvalue weighted by Gasteiger charge is -2.18. The summed E-state index contributed by atoms with van der Waals surface area (Å²) in [5.41, 5.74) is 3.97. The van der Waals surface area contributed by atoms with Crippen LogP contribution in [-0.2, 0) is 4.74 Å². The van der Waals surface area contributed by atoms with Crippen molar-refractivity contribution in [3.8, 4) is 0 Å². The van der Waals surface area contributed by atoms with E-state index in [0.717, 1.165) is 27.7 Å². The Balaban J connectivity index is 1.58. The van der Waals surface area contributed by atoms with Gasteiger partial charge in [-0.1, -0.05) is 84.9 Å². The van der Waals surface area contributed by atoms with Crippen molar-refractivity contribution in [3.05, 3.63) is 114 Å². The molecule has 3 heteroatoms. The topological polar surface area (TPSA) is 34.5 Å². The highest BCUT2D eigenvalue weighted by atomic mass is 16.5. The van der Waals surface area contributed by atoms with Crippen molar-refractivity contribution < 1.29 is 4.74 Å². The highest BCUT2D eigenvalue weighted by Crippen LogP contribution is 2.40. The molecule has 0 aliphatic carbocycles. The quantitative estimate of drug-likeness (QED) is 0.489. The summed E-state index contributed by atoms with van der Waals surface area (Å²) < 4.78 is 6.34. The van der Waals surface area contributed by atoms with E-state index in [1.165, 1.54) is 0 Å². The van der Waals surface area contributed by atoms with Gasteiger partial charge in [-0.3, -0.25) is 0 Å². The number of ether oxygens (including phenoxy) is 1. The molecule has 1 aliphatic heterocycles. The molecule has 1 aliphatic rings. The number of aromatic nitrogens is 1. The molecule has 4 aromatic rings. The molecule has 27 heavy (non-hydrogen) atoms. The molecule has 0 saturated heterocycles. The fourth-order valence-corrected chi connectivity index (χ4v) is 3.51. The molecule has 0 fully saturated rings. The van der Waals surface area contributed by atoms with Crippen LogP contribution >= 0.6 is 0 Å². The largest absolute Gasteiger partial charge is 0.465 e. The first-order valence-electron chi connectivity index (χ1n) is 9.09. The Morgan fingerprint density at radius 3 is 2.07 bits per heavy atom. The smallest absolute Gasteiger partial charge is 0.236 e. The SMILES string of the molecule is c1ccc([C@H]2N=C(c3ccc4ccccc4n3)O[C@H]2c2ccccc2)cc1. The van der Waals surface area contributed by atoms with E-state index >= 15 is 0 Å². The van der Waals surface area contributed by atoms with Gasteiger partial charge in [-0.25, -0.2) is 9.98 Å². The number of benzene rings is 3. The number of para-hydroxylation sites is 1. The second-order valence-electron chi connectivity index (χ2n) is 6.63. The van der Waals surface area contributed by atoms with Crippen molar-refractivity contribution in [2.75, 3.05) is 0 Å². The van der Waals surface area contributed by atoms with Gasteiger partial charge in [0.15, 0.2) is 6.10 Å². The lowest BCUT2D eigenvalue weighted by molar-refractivity contribution is 0.196. The Kier molecular flexibility index (Phi) is 3.91. The summed E-state index contributed by atoms with van der Waals surface area (Å²) in [5, 5.41) is 1.11. The molecule has 0 saturated carbocycles. The average Bonchev–Trinajstić information content (AvgIpc) is 3.20. The normalized spacial score (nSPS) is 18.9. The second kappa shape index (κ2) is 6.69. The maximum absolute atomic E-state index is 6.34. The molecule has 3 nitrogen and oxygen atoms in total. The van der Waals surface area contributed by atoms with Crippen molar-refractivity contribution in [3.63, 3.8) is 0 Å². The second-order valence-corrected chi connectivity index (χ2v) is 6.63. The van der Waals surface area contributed by atoms with Crippen LogP contribution in [0.3, 0.4) is 0 Å². The van der Waals surface area contributed by atoms with E-state index in [1.807, 2.05) is 60.7 Å². The summed E-state index contributed by atoms with van der Waals surface area (Å²) in [6, 6.07) is 32.6. The maximum atomic E-state index is 6.34. The third-order valence-electron chi connectivity index (χ3n) is 4.87. The van der Waals surface area contributed by atoms with Gasteiger partial charge < -0.3 is 4.74 Å². The van der Waals surface area contributed by atoms with E-state index in [2.05, 4.69) is 36.4 Å². The first-order chi connectivity index (χ1) is 13.4. The molecular formula is C24H18N2O. The van der Waals surface area contributed by atoms with Crippen LogP contribution in [0.5, 0.6) is 0 Å². The maximum Gasteiger partial charge on any atom is 0.236 e. The van der Waals surface area contributed by atoms with E-state index < -0.39 is 0 Å². The summed E-state index contributed by atoms with van der Waals surface area (Å²) >= 11 is 0. The van der Waals surface area contributed by atoms with E-state index in [-0.39, 0.29) is 12.1 Å². The van der Waals surface area contributed by atoms with Crippen molar-refractivity contribution >= 4 is 16.8 Å². The monoisotopic (exact) mass is 350 g/mol. The summed E-state index contributed by atoms with van der Waals surface area (Å²) in [4.78, 5) is 9.68. The number of aliphatic imine (C=N–C) groups is 1. The van der Waals surface area contributed by atoms with Gasteiger partial charge in [0.2, 0.25) is 5.90 Å². The molecule has 1 aromatic heterocycles. The van der Waals surface area contributed by atoms with Crippen LogP contribution in [0, 0.1) is 0 Å². The van der Waals surface area contributed by atoms with Crippen LogP contribution < -0.4 is 0 Å². The molecule has 0 unspecified atom stereocenters. The minimum Gasteiger partial charge on any atom is -0.465 e. The Morgan fingerprint density at radius 2 is 1.30 bits per heavy atom. The number of fused-ring (bicyclic) bond motifs is 1. The van der Waals surface area contributed by atoms with Gasteiger partial charge in [0.05, 0.1) is 5.52 Å². The Bertz CT molecular complexity index is 1110. The predicted octanol–water partition coefficient (Wildman–Crippen LogP) is 5.49. The third kappa shape index (κ3) is 2.97. The van der Waals surface area contributed by atoms with Crippen LogP contribution in [0.15, 0.2) is 102 Å². The van der Waals surface area contributed by atoms with E-state index in [1.54, 1.807) is 0 Å². The summed E-state index contributed by atoms with van der Waals surface area (Å²) in [6.45, 7) is 0. The van der Waals surface area contributed by atoms with Crippen LogP contribution in [-0.4, -0.2) is 10.9 Å². The predicted molar refractivity (Wildman–Crippen MR) is 108 cm³/mol. The Hall–Kier alpha value is -3.46. The molecule has 5 rings (SSSR count). The van der Waals surface area contributed by atoms with Crippen molar-refractivity contribution in [2.24, 2.45) is 4.99 Å². The molecular weight excluding hydrogens is 332 g/mol. The number of nitrogens with zero attached hydrogens (tertiary/aromatic N) is 2. The van der Waals surface area contributed by atoms with Gasteiger partial charge in [-0.05, 0) is 23.3 Å². The molecule has 2 atom stereocenters. The number of rotatable bonds is 3. The van der Waals surface area contributed by atoms with Gasteiger partial charge in [0.1, 0.15) is 11.7 Å². The standard InChI is InChI=1S/C24H18N2O/c1-3-10-18(11-4-1)22-23(19-12-5-2-6-13-19)27-24(26-22)21-16-15-17-9-7-8-14-20(17)25-21/h1-16,22-23H/t22-,23+/m1/s1. The third-order valence-corrected chi connectivity index (χ3v) is 4.87. The molecule has 0 amide bonds. The van der Waals surface area contributed by atoms with Gasteiger partial charge in [-0.2, -0.15) is 0 Å². The van der Waals surface area contributed by atoms with Crippen molar-refractivity contribution in [2.45, 2.75) is 12.1 Å². The number of hydrogen-bond acceptors (Lipinski definition) is 3. The zero-order valence-electron chi connectivity index (χ0n) is 14.7. The molecule has 0 N–H and O–H groups in total. The lowest BCUT2D eigenvalue weighted by Crippen LogP contribution is -2.09. The number of hydrogen-bond donors (Lipinski definition) is 0. The van der Waals surface area contributed by atoms with Crippen molar-refractivity contribution in [1.29, 1.82) is 0 Å². The highest BCUT2D eigenvalue weighted by Gasteiger charge is 2.34. The fourth-order valence-electron chi connectivity index (χ4n) is 3.51. The van der Waals surface area contributed by atoms with Crippen LogP contribution in [0.2, 0.25) is 0 Å². The van der Waals surface area contributed by atoms with Crippen molar-refractivity contribution in [1.82, 2.24) is 4.98 Å². The minimum atomic E-state index is -0.156. The molecule has 0 spiro atoms. The zero-order chi connectivity index (χ0) is 18.1. The fraction of sp³-hybridized carbons (Fsp3) is 0.0833. The first-order valence-corrected chi connectivity index (χ1v) is 9.09. The molecule has 0 radical (unpaired) electrons. The minimum absolute atomic E-state index is 0.0862. The summed E-state index contributed by atoms with van der Waals surface area (Å²) in [6.07, 6.45) is -0.156. The Labute approximate surface area is 158 Å². The van der Waals surface area contributed by atoms with Gasteiger partial charge in [-0.15, -0.1) is 0 Å². The van der Waals surface area contributed by atoms with Crippen LogP contribution in [0.1, 0.15) is 29.0 Å². The lowest BCUT2D eigenvalue weighted by atomic mass is 9.97. The van der Waals surface area contributed by atoms with E-state index in [4.69, 9.17) is 14.7 Å².